The maximum absolute atomic E-state index is 11.9. The smallest absolute Gasteiger partial charge is 0.230 e. The van der Waals surface area contributed by atoms with Gasteiger partial charge in [-0.2, -0.15) is 0 Å². The number of nitrogens with one attached hydrogen (secondary N) is 2. The van der Waals surface area contributed by atoms with E-state index in [4.69, 9.17) is 11.6 Å². The molecule has 7 heteroatoms. The minimum Gasteiger partial charge on any atom is -0.365 e. The number of carbonyl (C=O) groups excluding carboxylic acids is 1. The highest BCUT2D eigenvalue weighted by atomic mass is 35.5. The second kappa shape index (κ2) is 9.94. The third-order valence-electron chi connectivity index (χ3n) is 3.71. The van der Waals surface area contributed by atoms with Crippen molar-refractivity contribution in [1.29, 1.82) is 0 Å². The van der Waals surface area contributed by atoms with Gasteiger partial charge in [0.1, 0.15) is 10.8 Å². The van der Waals surface area contributed by atoms with Crippen molar-refractivity contribution in [3.05, 3.63) is 82.9 Å². The molecule has 5 nitrogen and oxygen atoms in total. The molecule has 0 saturated carbocycles. The molecule has 0 unspecified atom stereocenters. The zero-order valence-electron chi connectivity index (χ0n) is 14.6. The fourth-order valence-electron chi connectivity index (χ4n) is 2.27. The van der Waals surface area contributed by atoms with Gasteiger partial charge in [0.05, 0.1) is 5.75 Å². The molecule has 0 aliphatic carbocycles. The topological polar surface area (TPSA) is 66.9 Å². The molecule has 2 aromatic carbocycles. The Bertz CT molecular complexity index is 857. The number of benzene rings is 2. The van der Waals surface area contributed by atoms with Gasteiger partial charge in [-0.3, -0.25) is 4.79 Å². The van der Waals surface area contributed by atoms with Crippen LogP contribution in [0.4, 0.5) is 5.82 Å². The summed E-state index contributed by atoms with van der Waals surface area (Å²) in [5.41, 5.74) is 2.18. The highest BCUT2D eigenvalue weighted by Gasteiger charge is 2.05. The lowest BCUT2D eigenvalue weighted by molar-refractivity contribution is -0.118. The maximum Gasteiger partial charge on any atom is 0.230 e. The molecule has 0 spiro atoms. The maximum atomic E-state index is 11.9. The highest BCUT2D eigenvalue weighted by molar-refractivity contribution is 7.99. The third-order valence-corrected chi connectivity index (χ3v) is 4.88. The monoisotopic (exact) mass is 398 g/mol. The predicted molar refractivity (Wildman–Crippen MR) is 110 cm³/mol. The Morgan fingerprint density at radius 3 is 2.33 bits per heavy atom. The minimum absolute atomic E-state index is 0.0319. The molecular weight excluding hydrogens is 380 g/mol. The number of amides is 1. The Morgan fingerprint density at radius 2 is 1.63 bits per heavy atom. The van der Waals surface area contributed by atoms with Crippen molar-refractivity contribution in [2.75, 3.05) is 11.1 Å². The van der Waals surface area contributed by atoms with Gasteiger partial charge in [-0.15, -0.1) is 10.2 Å². The third kappa shape index (κ3) is 6.58. The van der Waals surface area contributed by atoms with Gasteiger partial charge < -0.3 is 10.6 Å². The second-order valence-corrected chi connectivity index (χ2v) is 7.22. The Kier molecular flexibility index (Phi) is 7.07. The number of rotatable bonds is 8. The van der Waals surface area contributed by atoms with Gasteiger partial charge in [-0.05, 0) is 35.4 Å². The van der Waals surface area contributed by atoms with Crippen LogP contribution in [0.2, 0.25) is 5.02 Å². The van der Waals surface area contributed by atoms with E-state index < -0.39 is 0 Å². The van der Waals surface area contributed by atoms with Crippen LogP contribution in [0.5, 0.6) is 0 Å². The number of hydrogen-bond donors (Lipinski definition) is 2. The fourth-order valence-corrected chi connectivity index (χ4v) is 3.04. The number of hydrogen-bond acceptors (Lipinski definition) is 5. The van der Waals surface area contributed by atoms with Gasteiger partial charge in [0, 0.05) is 18.1 Å². The van der Waals surface area contributed by atoms with Gasteiger partial charge in [-0.1, -0.05) is 65.8 Å². The van der Waals surface area contributed by atoms with Crippen molar-refractivity contribution >= 4 is 35.1 Å². The summed E-state index contributed by atoms with van der Waals surface area (Å²) in [5.74, 6) is 0.956. The van der Waals surface area contributed by atoms with Gasteiger partial charge in [-0.25, -0.2) is 0 Å². The molecule has 138 valence electrons. The summed E-state index contributed by atoms with van der Waals surface area (Å²) < 4.78 is 0. The first-order chi connectivity index (χ1) is 13.2. The molecule has 1 aromatic heterocycles. The molecule has 0 aliphatic rings. The van der Waals surface area contributed by atoms with Crippen molar-refractivity contribution in [1.82, 2.24) is 15.5 Å². The van der Waals surface area contributed by atoms with E-state index in [-0.39, 0.29) is 5.91 Å². The zero-order valence-corrected chi connectivity index (χ0v) is 16.1. The van der Waals surface area contributed by atoms with Gasteiger partial charge in [0.25, 0.3) is 0 Å². The van der Waals surface area contributed by atoms with Crippen LogP contribution in [0, 0.1) is 0 Å². The van der Waals surface area contributed by atoms with Crippen molar-refractivity contribution in [3.8, 4) is 0 Å². The van der Waals surface area contributed by atoms with Crippen LogP contribution in [0.3, 0.4) is 0 Å². The second-order valence-electron chi connectivity index (χ2n) is 5.79. The number of carbonyl (C=O) groups is 1. The van der Waals surface area contributed by atoms with Gasteiger partial charge in [0.2, 0.25) is 5.91 Å². The fraction of sp³-hybridized carbons (Fsp3) is 0.150. The minimum atomic E-state index is -0.0319. The average Bonchev–Trinajstić information content (AvgIpc) is 2.72. The number of aromatic nitrogens is 2. The quantitative estimate of drug-likeness (QED) is 0.558. The van der Waals surface area contributed by atoms with Gasteiger partial charge in [0.15, 0.2) is 0 Å². The summed E-state index contributed by atoms with van der Waals surface area (Å²) in [6, 6.07) is 21.2. The summed E-state index contributed by atoms with van der Waals surface area (Å²) in [7, 11) is 0. The van der Waals surface area contributed by atoms with Crippen LogP contribution < -0.4 is 10.6 Å². The van der Waals surface area contributed by atoms with E-state index in [1.54, 1.807) is 0 Å². The molecule has 0 aliphatic heterocycles. The van der Waals surface area contributed by atoms with Crippen LogP contribution in [0.1, 0.15) is 11.1 Å². The summed E-state index contributed by atoms with van der Waals surface area (Å²) in [6.07, 6.45) is 0. The molecule has 3 aromatic rings. The van der Waals surface area contributed by atoms with E-state index in [9.17, 15) is 4.79 Å². The summed E-state index contributed by atoms with van der Waals surface area (Å²) >= 11 is 7.24. The van der Waals surface area contributed by atoms with Crippen LogP contribution in [0.25, 0.3) is 0 Å². The lowest BCUT2D eigenvalue weighted by Crippen LogP contribution is -2.24. The number of halogens is 1. The number of nitrogens with zero attached hydrogens (tertiary/aromatic N) is 2. The van der Waals surface area contributed by atoms with Crippen molar-refractivity contribution in [2.45, 2.75) is 18.1 Å². The van der Waals surface area contributed by atoms with E-state index in [2.05, 4.69) is 20.8 Å². The summed E-state index contributed by atoms with van der Waals surface area (Å²) in [6.45, 7) is 1.17. The van der Waals surface area contributed by atoms with E-state index in [0.29, 0.717) is 34.7 Å². The Balaban J connectivity index is 1.40. The van der Waals surface area contributed by atoms with Crippen molar-refractivity contribution < 1.29 is 4.79 Å². The van der Waals surface area contributed by atoms with E-state index in [0.717, 1.165) is 11.1 Å². The molecule has 0 radical (unpaired) electrons. The van der Waals surface area contributed by atoms with Gasteiger partial charge >= 0.3 is 0 Å². The van der Waals surface area contributed by atoms with Crippen LogP contribution in [-0.4, -0.2) is 21.9 Å². The SMILES string of the molecule is O=C(CSc1ccc(NCc2ccc(Cl)cc2)nn1)NCc1ccccc1. The Morgan fingerprint density at radius 1 is 0.889 bits per heavy atom. The summed E-state index contributed by atoms with van der Waals surface area (Å²) in [4.78, 5) is 11.9. The standard InChI is InChI=1S/C20H19ClN4OS/c21-17-8-6-16(7-9-17)12-22-18-10-11-20(25-24-18)27-14-19(26)23-13-15-4-2-1-3-5-15/h1-11H,12-14H2,(H,22,24)(H,23,26). The molecule has 1 heterocycles. The van der Waals surface area contributed by atoms with E-state index in [1.807, 2.05) is 66.7 Å². The molecule has 0 saturated heterocycles. The van der Waals surface area contributed by atoms with Crippen LogP contribution in [-0.2, 0) is 17.9 Å². The number of thioether (sulfide) groups is 1. The normalized spacial score (nSPS) is 10.4. The van der Waals surface area contributed by atoms with E-state index in [1.165, 1.54) is 11.8 Å². The van der Waals surface area contributed by atoms with E-state index >= 15 is 0 Å². The molecule has 27 heavy (non-hydrogen) atoms. The molecular formula is C20H19ClN4OS. The van der Waals surface area contributed by atoms with Crippen LogP contribution >= 0.6 is 23.4 Å². The first kappa shape index (κ1) is 19.2. The Hall–Kier alpha value is -2.57. The molecule has 2 N–H and O–H groups in total. The lowest BCUT2D eigenvalue weighted by atomic mass is 10.2. The van der Waals surface area contributed by atoms with Crippen LogP contribution in [0.15, 0.2) is 71.8 Å². The summed E-state index contributed by atoms with van der Waals surface area (Å²) in [5, 5.41) is 15.8. The number of anilines is 1. The largest absolute Gasteiger partial charge is 0.365 e. The molecule has 1 amide bonds. The predicted octanol–water partition coefficient (Wildman–Crippen LogP) is 4.15. The van der Waals surface area contributed by atoms with Crippen molar-refractivity contribution in [2.24, 2.45) is 0 Å². The van der Waals surface area contributed by atoms with Crippen molar-refractivity contribution in [3.63, 3.8) is 0 Å². The first-order valence-electron chi connectivity index (χ1n) is 8.44. The highest BCUT2D eigenvalue weighted by Crippen LogP contribution is 2.16. The Labute approximate surface area is 167 Å². The molecule has 0 fully saturated rings. The zero-order chi connectivity index (χ0) is 18.9. The molecule has 0 atom stereocenters. The first-order valence-corrected chi connectivity index (χ1v) is 9.81. The lowest BCUT2D eigenvalue weighted by Gasteiger charge is -2.07. The average molecular weight is 399 g/mol. The molecule has 0 bridgehead atoms. The molecule has 3 rings (SSSR count).